The van der Waals surface area contributed by atoms with E-state index in [2.05, 4.69) is 15.4 Å². The van der Waals surface area contributed by atoms with Crippen molar-refractivity contribution < 1.29 is 14.3 Å². The maximum Gasteiger partial charge on any atom is 0.332 e. The first-order valence-corrected chi connectivity index (χ1v) is 5.49. The summed E-state index contributed by atoms with van der Waals surface area (Å²) in [6.07, 6.45) is 1.06. The molecule has 0 saturated heterocycles. The minimum atomic E-state index is -0.631. The first-order chi connectivity index (χ1) is 8.58. The molecule has 1 amide bonds. The van der Waals surface area contributed by atoms with Crippen molar-refractivity contribution >= 4 is 29.2 Å². The van der Waals surface area contributed by atoms with Gasteiger partial charge in [-0.15, -0.1) is 0 Å². The monoisotopic (exact) mass is 268 g/mol. The van der Waals surface area contributed by atoms with Gasteiger partial charge >= 0.3 is 5.97 Å². The molecule has 2 N–H and O–H groups in total. The Kier molecular flexibility index (Phi) is 5.20. The molecule has 0 aliphatic heterocycles. The Balaban J connectivity index is 3.00. The van der Waals surface area contributed by atoms with Gasteiger partial charge in [-0.3, -0.25) is 4.79 Å². The van der Waals surface area contributed by atoms with Crippen LogP contribution in [0.4, 0.5) is 5.69 Å². The minimum Gasteiger partial charge on any atom is -0.466 e. The van der Waals surface area contributed by atoms with Gasteiger partial charge in [0.15, 0.2) is 0 Å². The van der Waals surface area contributed by atoms with Crippen LogP contribution in [0.25, 0.3) is 0 Å². The second-order valence-electron chi connectivity index (χ2n) is 3.27. The van der Waals surface area contributed by atoms with Crippen LogP contribution in [-0.4, -0.2) is 26.0 Å². The highest BCUT2D eigenvalue weighted by molar-refractivity contribution is 6.33. The first kappa shape index (κ1) is 14.1. The van der Waals surface area contributed by atoms with Gasteiger partial charge in [-0.2, -0.15) is 0 Å². The van der Waals surface area contributed by atoms with Crippen LogP contribution in [0.15, 0.2) is 36.0 Å². The first-order valence-electron chi connectivity index (χ1n) is 5.11. The van der Waals surface area contributed by atoms with Crippen molar-refractivity contribution in [2.24, 2.45) is 0 Å². The van der Waals surface area contributed by atoms with Gasteiger partial charge in [0.25, 0.3) is 5.91 Å². The zero-order valence-electron chi connectivity index (χ0n) is 9.99. The highest BCUT2D eigenvalue weighted by atomic mass is 35.5. The fourth-order valence-corrected chi connectivity index (χ4v) is 1.36. The lowest BCUT2D eigenvalue weighted by atomic mass is 10.3. The van der Waals surface area contributed by atoms with E-state index >= 15 is 0 Å². The van der Waals surface area contributed by atoms with Crippen molar-refractivity contribution in [3.8, 4) is 0 Å². The number of ether oxygens (including phenoxy) is 1. The number of nitrogens with one attached hydrogen (secondary N) is 2. The zero-order valence-corrected chi connectivity index (χ0v) is 10.7. The van der Waals surface area contributed by atoms with Gasteiger partial charge in [0.2, 0.25) is 0 Å². The summed E-state index contributed by atoms with van der Waals surface area (Å²) in [5.41, 5.74) is 0.579. The number of methoxy groups -OCH3 is 1. The van der Waals surface area contributed by atoms with Gasteiger partial charge in [-0.05, 0) is 12.1 Å². The predicted molar refractivity (Wildman–Crippen MR) is 69.2 cm³/mol. The second kappa shape index (κ2) is 6.66. The van der Waals surface area contributed by atoms with E-state index in [1.807, 2.05) is 0 Å². The van der Waals surface area contributed by atoms with Crippen molar-refractivity contribution in [1.82, 2.24) is 5.32 Å². The maximum atomic E-state index is 11.6. The highest BCUT2D eigenvalue weighted by Gasteiger charge is 2.11. The van der Waals surface area contributed by atoms with Crippen LogP contribution in [0.5, 0.6) is 0 Å². The molecule has 0 aliphatic carbocycles. The lowest BCUT2D eigenvalue weighted by molar-refractivity contribution is -0.135. The van der Waals surface area contributed by atoms with Gasteiger partial charge < -0.3 is 15.4 Å². The van der Waals surface area contributed by atoms with E-state index in [4.69, 9.17) is 11.6 Å². The Morgan fingerprint density at radius 2 is 2.00 bits per heavy atom. The van der Waals surface area contributed by atoms with Crippen LogP contribution in [-0.2, 0) is 14.3 Å². The van der Waals surface area contributed by atoms with E-state index in [1.165, 1.54) is 14.2 Å². The van der Waals surface area contributed by atoms with Crippen molar-refractivity contribution in [3.63, 3.8) is 0 Å². The quantitative estimate of drug-likeness (QED) is 0.642. The molecule has 0 heterocycles. The van der Waals surface area contributed by atoms with E-state index in [-0.39, 0.29) is 5.70 Å². The summed E-state index contributed by atoms with van der Waals surface area (Å²) in [5.74, 6) is -1.08. The van der Waals surface area contributed by atoms with Crippen LogP contribution < -0.4 is 10.6 Å². The van der Waals surface area contributed by atoms with Crippen LogP contribution in [0.1, 0.15) is 0 Å². The summed E-state index contributed by atoms with van der Waals surface area (Å²) in [6, 6.07) is 6.88. The number of amides is 1. The van der Waals surface area contributed by atoms with E-state index in [1.54, 1.807) is 24.3 Å². The Labute approximate surface area is 110 Å². The molecular formula is C12H13ClN2O3. The number of benzene rings is 1. The summed E-state index contributed by atoms with van der Waals surface area (Å²) in [6.45, 7) is 0. The van der Waals surface area contributed by atoms with Crippen LogP contribution in [0, 0.1) is 0 Å². The highest BCUT2D eigenvalue weighted by Crippen LogP contribution is 2.22. The summed E-state index contributed by atoms with van der Waals surface area (Å²) >= 11 is 5.95. The molecular weight excluding hydrogens is 256 g/mol. The fourth-order valence-electron chi connectivity index (χ4n) is 1.18. The Morgan fingerprint density at radius 1 is 1.33 bits per heavy atom. The predicted octanol–water partition coefficient (Wildman–Crippen LogP) is 1.55. The number of hydrogen-bond donors (Lipinski definition) is 2. The molecule has 0 atom stereocenters. The van der Waals surface area contributed by atoms with Crippen LogP contribution in [0.2, 0.25) is 5.02 Å². The molecule has 96 valence electrons. The van der Waals surface area contributed by atoms with E-state index in [0.29, 0.717) is 10.7 Å². The number of esters is 1. The van der Waals surface area contributed by atoms with Crippen LogP contribution >= 0.6 is 11.6 Å². The van der Waals surface area contributed by atoms with Crippen molar-refractivity contribution in [3.05, 3.63) is 41.1 Å². The molecule has 0 radical (unpaired) electrons. The van der Waals surface area contributed by atoms with Gasteiger partial charge in [0.05, 0.1) is 23.9 Å². The molecule has 6 heteroatoms. The number of rotatable bonds is 4. The molecule has 0 spiro atoms. The second-order valence-corrected chi connectivity index (χ2v) is 3.67. The molecule has 1 aromatic rings. The van der Waals surface area contributed by atoms with Gasteiger partial charge in [-0.25, -0.2) is 4.79 Å². The number of hydrogen-bond acceptors (Lipinski definition) is 4. The molecule has 0 saturated carbocycles. The third kappa shape index (κ3) is 3.78. The number of anilines is 1. The third-order valence-corrected chi connectivity index (χ3v) is 2.41. The molecule has 0 bridgehead atoms. The number of likely N-dealkylation sites (N-methyl/N-ethyl adjacent to an activating group) is 1. The SMILES string of the molecule is CNC(=O)/C(=C/C(=O)OC)Nc1ccccc1Cl. The molecule has 0 aliphatic rings. The zero-order chi connectivity index (χ0) is 13.5. The summed E-state index contributed by atoms with van der Waals surface area (Å²) in [5, 5.41) is 5.63. The lowest BCUT2D eigenvalue weighted by Gasteiger charge is -2.10. The van der Waals surface area contributed by atoms with Gasteiger partial charge in [0, 0.05) is 7.05 Å². The fraction of sp³-hybridized carbons (Fsp3) is 0.167. The van der Waals surface area contributed by atoms with E-state index in [0.717, 1.165) is 6.08 Å². The number of carbonyl (C=O) groups is 2. The average molecular weight is 269 g/mol. The molecule has 0 unspecified atom stereocenters. The molecule has 18 heavy (non-hydrogen) atoms. The third-order valence-electron chi connectivity index (χ3n) is 2.08. The molecule has 1 rings (SSSR count). The summed E-state index contributed by atoms with van der Waals surface area (Å²) in [4.78, 5) is 22.8. The maximum absolute atomic E-state index is 11.6. The van der Waals surface area contributed by atoms with Crippen molar-refractivity contribution in [2.45, 2.75) is 0 Å². The molecule has 1 aromatic carbocycles. The summed E-state index contributed by atoms with van der Waals surface area (Å²) < 4.78 is 4.47. The summed E-state index contributed by atoms with van der Waals surface area (Å²) in [7, 11) is 2.69. The van der Waals surface area contributed by atoms with Gasteiger partial charge in [-0.1, -0.05) is 23.7 Å². The number of halogens is 1. The number of para-hydroxylation sites is 1. The van der Waals surface area contributed by atoms with E-state index in [9.17, 15) is 9.59 Å². The van der Waals surface area contributed by atoms with Gasteiger partial charge in [0.1, 0.15) is 5.70 Å². The topological polar surface area (TPSA) is 67.4 Å². The number of carbonyl (C=O) groups excluding carboxylic acids is 2. The lowest BCUT2D eigenvalue weighted by Crippen LogP contribution is -2.25. The van der Waals surface area contributed by atoms with Crippen LogP contribution in [0.3, 0.4) is 0 Å². The molecule has 0 aromatic heterocycles. The standard InChI is InChI=1S/C12H13ClN2O3/c1-14-12(17)10(7-11(16)18-2)15-9-6-4-3-5-8(9)13/h3-7,15H,1-2H3,(H,14,17)/b10-7-. The Hall–Kier alpha value is -2.01. The Morgan fingerprint density at radius 3 is 2.56 bits per heavy atom. The molecule has 5 nitrogen and oxygen atoms in total. The van der Waals surface area contributed by atoms with E-state index < -0.39 is 11.9 Å². The normalized spacial score (nSPS) is 10.7. The minimum absolute atomic E-state index is 0.0532. The van der Waals surface area contributed by atoms with Crippen molar-refractivity contribution in [1.29, 1.82) is 0 Å². The largest absolute Gasteiger partial charge is 0.466 e. The smallest absolute Gasteiger partial charge is 0.332 e. The van der Waals surface area contributed by atoms with Crippen molar-refractivity contribution in [2.75, 3.05) is 19.5 Å². The molecule has 0 fully saturated rings. The average Bonchev–Trinajstić information content (AvgIpc) is 2.39. The Bertz CT molecular complexity index is 486.